The standard InChI is InChI=1S/C19H16FN3O2/c1-12-3-8-16(13(2)11-12)21-19(25)18-17(24)9-10-23(22-18)15-6-4-14(20)5-7-15/h3-11H,1-2H3,(H,21,25). The normalized spacial score (nSPS) is 10.5. The van der Waals surface area contributed by atoms with Gasteiger partial charge in [-0.05, 0) is 49.7 Å². The molecule has 0 saturated heterocycles. The molecule has 0 aliphatic carbocycles. The maximum Gasteiger partial charge on any atom is 0.280 e. The smallest absolute Gasteiger partial charge is 0.280 e. The number of carbonyl (C=O) groups excluding carboxylic acids is 1. The molecule has 0 spiro atoms. The summed E-state index contributed by atoms with van der Waals surface area (Å²) in [6.45, 7) is 3.83. The van der Waals surface area contributed by atoms with Crippen LogP contribution in [0.4, 0.5) is 10.1 Å². The molecule has 0 aliphatic rings. The van der Waals surface area contributed by atoms with Crippen molar-refractivity contribution in [2.24, 2.45) is 0 Å². The van der Waals surface area contributed by atoms with Gasteiger partial charge in [-0.15, -0.1) is 0 Å². The lowest BCUT2D eigenvalue weighted by molar-refractivity contribution is 0.101. The summed E-state index contributed by atoms with van der Waals surface area (Å²) in [6.07, 6.45) is 1.43. The molecular weight excluding hydrogens is 321 g/mol. The highest BCUT2D eigenvalue weighted by Crippen LogP contribution is 2.16. The van der Waals surface area contributed by atoms with Gasteiger partial charge in [0.2, 0.25) is 5.43 Å². The van der Waals surface area contributed by atoms with Crippen LogP contribution < -0.4 is 10.7 Å². The van der Waals surface area contributed by atoms with Crippen molar-refractivity contribution >= 4 is 11.6 Å². The van der Waals surface area contributed by atoms with Crippen LogP contribution >= 0.6 is 0 Å². The Morgan fingerprint density at radius 2 is 1.80 bits per heavy atom. The molecule has 0 unspecified atom stereocenters. The predicted molar refractivity (Wildman–Crippen MR) is 93.7 cm³/mol. The van der Waals surface area contributed by atoms with E-state index in [1.807, 2.05) is 26.0 Å². The number of halogens is 1. The molecule has 126 valence electrons. The van der Waals surface area contributed by atoms with Gasteiger partial charge in [0.15, 0.2) is 5.69 Å². The molecule has 0 atom stereocenters. The number of carbonyl (C=O) groups is 1. The van der Waals surface area contributed by atoms with Gasteiger partial charge in [0, 0.05) is 18.0 Å². The van der Waals surface area contributed by atoms with Gasteiger partial charge in [-0.25, -0.2) is 9.07 Å². The van der Waals surface area contributed by atoms with Crippen LogP contribution in [0.25, 0.3) is 5.69 Å². The van der Waals surface area contributed by atoms with Crippen molar-refractivity contribution in [3.8, 4) is 5.69 Å². The number of hydrogen-bond donors (Lipinski definition) is 1. The zero-order chi connectivity index (χ0) is 18.0. The fraction of sp³-hybridized carbons (Fsp3) is 0.105. The van der Waals surface area contributed by atoms with E-state index in [1.54, 1.807) is 6.07 Å². The van der Waals surface area contributed by atoms with Crippen molar-refractivity contribution in [3.05, 3.63) is 87.6 Å². The van der Waals surface area contributed by atoms with Crippen LogP contribution in [0, 0.1) is 19.7 Å². The zero-order valence-corrected chi connectivity index (χ0v) is 13.8. The zero-order valence-electron chi connectivity index (χ0n) is 13.8. The number of hydrogen-bond acceptors (Lipinski definition) is 3. The van der Waals surface area contributed by atoms with E-state index in [2.05, 4.69) is 10.4 Å². The van der Waals surface area contributed by atoms with Crippen LogP contribution in [0.15, 0.2) is 59.5 Å². The third-order valence-corrected chi connectivity index (χ3v) is 3.74. The minimum Gasteiger partial charge on any atom is -0.320 e. The monoisotopic (exact) mass is 337 g/mol. The van der Waals surface area contributed by atoms with Gasteiger partial charge >= 0.3 is 0 Å². The van der Waals surface area contributed by atoms with Crippen LogP contribution in [-0.2, 0) is 0 Å². The molecule has 2 aromatic carbocycles. The average Bonchev–Trinajstić information content (AvgIpc) is 2.58. The number of nitrogens with one attached hydrogen (secondary N) is 1. The molecular formula is C19H16FN3O2. The van der Waals surface area contributed by atoms with Crippen LogP contribution in [0.3, 0.4) is 0 Å². The van der Waals surface area contributed by atoms with Gasteiger partial charge in [0.25, 0.3) is 5.91 Å². The van der Waals surface area contributed by atoms with E-state index in [9.17, 15) is 14.0 Å². The van der Waals surface area contributed by atoms with E-state index in [4.69, 9.17) is 0 Å². The Hall–Kier alpha value is -3.28. The lowest BCUT2D eigenvalue weighted by atomic mass is 10.1. The SMILES string of the molecule is Cc1ccc(NC(=O)c2nn(-c3ccc(F)cc3)ccc2=O)c(C)c1. The Bertz CT molecular complexity index is 994. The quantitative estimate of drug-likeness (QED) is 0.798. The molecule has 0 saturated carbocycles. The highest BCUT2D eigenvalue weighted by molar-refractivity contribution is 6.03. The Labute approximate surface area is 143 Å². The molecule has 0 fully saturated rings. The van der Waals surface area contributed by atoms with Crippen LogP contribution in [0.2, 0.25) is 0 Å². The van der Waals surface area contributed by atoms with Gasteiger partial charge < -0.3 is 5.32 Å². The van der Waals surface area contributed by atoms with Gasteiger partial charge in [0.1, 0.15) is 5.82 Å². The second kappa shape index (κ2) is 6.68. The molecule has 3 rings (SSSR count). The third kappa shape index (κ3) is 3.63. The molecule has 3 aromatic rings. The lowest BCUT2D eigenvalue weighted by Gasteiger charge is -2.10. The summed E-state index contributed by atoms with van der Waals surface area (Å²) in [5, 5.41) is 6.79. The van der Waals surface area contributed by atoms with Crippen molar-refractivity contribution in [2.45, 2.75) is 13.8 Å². The molecule has 6 heteroatoms. The minimum absolute atomic E-state index is 0.230. The highest BCUT2D eigenvalue weighted by atomic mass is 19.1. The van der Waals surface area contributed by atoms with Gasteiger partial charge in [-0.3, -0.25) is 9.59 Å². The number of aromatic nitrogens is 2. The van der Waals surface area contributed by atoms with Crippen molar-refractivity contribution < 1.29 is 9.18 Å². The number of anilines is 1. The van der Waals surface area contributed by atoms with E-state index in [0.717, 1.165) is 11.1 Å². The topological polar surface area (TPSA) is 64.0 Å². The van der Waals surface area contributed by atoms with Crippen molar-refractivity contribution in [1.82, 2.24) is 9.78 Å². The number of benzene rings is 2. The molecule has 5 nitrogen and oxygen atoms in total. The van der Waals surface area contributed by atoms with Crippen molar-refractivity contribution in [2.75, 3.05) is 5.32 Å². The van der Waals surface area contributed by atoms with E-state index in [-0.39, 0.29) is 11.5 Å². The van der Waals surface area contributed by atoms with Crippen LogP contribution in [0.5, 0.6) is 0 Å². The molecule has 1 N–H and O–H groups in total. The van der Waals surface area contributed by atoms with Crippen LogP contribution in [0.1, 0.15) is 21.6 Å². The molecule has 1 amide bonds. The molecule has 0 aliphatic heterocycles. The Balaban J connectivity index is 1.93. The first kappa shape index (κ1) is 16.6. The summed E-state index contributed by atoms with van der Waals surface area (Å²) in [7, 11) is 0. The van der Waals surface area contributed by atoms with Gasteiger partial charge in [-0.1, -0.05) is 17.7 Å². The summed E-state index contributed by atoms with van der Waals surface area (Å²) in [5.74, 6) is -0.967. The van der Waals surface area contributed by atoms with Crippen molar-refractivity contribution in [3.63, 3.8) is 0 Å². The van der Waals surface area contributed by atoms with Gasteiger partial charge in [0.05, 0.1) is 5.69 Å². The summed E-state index contributed by atoms with van der Waals surface area (Å²) in [6, 6.07) is 12.4. The summed E-state index contributed by atoms with van der Waals surface area (Å²) < 4.78 is 14.4. The van der Waals surface area contributed by atoms with Crippen LogP contribution in [-0.4, -0.2) is 15.7 Å². The van der Waals surface area contributed by atoms with E-state index in [1.165, 1.54) is 41.2 Å². The molecule has 25 heavy (non-hydrogen) atoms. The fourth-order valence-corrected chi connectivity index (χ4v) is 2.44. The lowest BCUT2D eigenvalue weighted by Crippen LogP contribution is -2.25. The number of aryl methyl sites for hydroxylation is 2. The molecule has 0 radical (unpaired) electrons. The summed E-state index contributed by atoms with van der Waals surface area (Å²) in [5.41, 5.74) is 2.42. The second-order valence-corrected chi connectivity index (χ2v) is 5.72. The number of nitrogens with zero attached hydrogens (tertiary/aromatic N) is 2. The van der Waals surface area contributed by atoms with Gasteiger partial charge in [-0.2, -0.15) is 5.10 Å². The first-order chi connectivity index (χ1) is 11.9. The predicted octanol–water partition coefficient (Wildman–Crippen LogP) is 3.24. The Kier molecular flexibility index (Phi) is 4.43. The number of amides is 1. The average molecular weight is 337 g/mol. The first-order valence-electron chi connectivity index (χ1n) is 7.68. The third-order valence-electron chi connectivity index (χ3n) is 3.74. The summed E-state index contributed by atoms with van der Waals surface area (Å²) >= 11 is 0. The Morgan fingerprint density at radius 3 is 2.48 bits per heavy atom. The minimum atomic E-state index is -0.589. The summed E-state index contributed by atoms with van der Waals surface area (Å²) in [4.78, 5) is 24.5. The van der Waals surface area contributed by atoms with E-state index in [0.29, 0.717) is 11.4 Å². The first-order valence-corrected chi connectivity index (χ1v) is 7.68. The molecule has 1 aromatic heterocycles. The largest absolute Gasteiger partial charge is 0.320 e. The molecule has 1 heterocycles. The molecule has 0 bridgehead atoms. The fourth-order valence-electron chi connectivity index (χ4n) is 2.44. The van der Waals surface area contributed by atoms with Crippen molar-refractivity contribution in [1.29, 1.82) is 0 Å². The maximum absolute atomic E-state index is 13.0. The number of rotatable bonds is 3. The second-order valence-electron chi connectivity index (χ2n) is 5.72. The van der Waals surface area contributed by atoms with E-state index < -0.39 is 11.3 Å². The van der Waals surface area contributed by atoms with E-state index >= 15 is 0 Å². The highest BCUT2D eigenvalue weighted by Gasteiger charge is 2.14. The Morgan fingerprint density at radius 1 is 1.08 bits per heavy atom. The maximum atomic E-state index is 13.0.